The highest BCUT2D eigenvalue weighted by molar-refractivity contribution is 5.24. The average molecular weight is 209 g/mol. The molecule has 15 heavy (non-hydrogen) atoms. The fourth-order valence-electron chi connectivity index (χ4n) is 2.40. The molecule has 2 nitrogen and oxygen atoms in total. The number of likely N-dealkylation sites (tertiary alicyclic amines) is 1. The summed E-state index contributed by atoms with van der Waals surface area (Å²) in [5, 5.41) is 9.26. The lowest BCUT2D eigenvalue weighted by molar-refractivity contribution is 0.218. The number of rotatable bonds is 2. The van der Waals surface area contributed by atoms with Crippen LogP contribution in [0.3, 0.4) is 0 Å². The molecule has 82 valence electrons. The molecule has 1 aliphatic heterocycles. The summed E-state index contributed by atoms with van der Waals surface area (Å²) in [6.45, 7) is 1.80. The largest absolute Gasteiger partial charge is 0.396 e. The van der Waals surface area contributed by atoms with Gasteiger partial charge in [0, 0.05) is 31.5 Å². The normalized spacial score (nSPS) is 27.1. The molecule has 0 unspecified atom stereocenters. The predicted molar refractivity (Wildman–Crippen MR) is 57.2 cm³/mol. The maximum atomic E-state index is 13.6. The van der Waals surface area contributed by atoms with Crippen LogP contribution in [0.4, 0.5) is 4.39 Å². The van der Waals surface area contributed by atoms with E-state index < -0.39 is 0 Å². The summed E-state index contributed by atoms with van der Waals surface area (Å²) in [6.07, 6.45) is 0. The first kappa shape index (κ1) is 10.6. The fraction of sp³-hybridized carbons (Fsp3) is 0.500. The Bertz CT molecular complexity index is 342. The molecular weight excluding hydrogens is 193 g/mol. The molecule has 1 aromatic rings. The van der Waals surface area contributed by atoms with E-state index in [4.69, 9.17) is 0 Å². The van der Waals surface area contributed by atoms with Crippen LogP contribution in [-0.2, 0) is 0 Å². The summed E-state index contributed by atoms with van der Waals surface area (Å²) in [5.41, 5.74) is 0.737. The molecule has 1 aliphatic rings. The molecule has 0 bridgehead atoms. The Labute approximate surface area is 89.3 Å². The Kier molecular flexibility index (Phi) is 3.03. The number of likely N-dealkylation sites (N-methyl/N-ethyl adjacent to an activating group) is 1. The molecule has 0 saturated carbocycles. The molecule has 3 heteroatoms. The van der Waals surface area contributed by atoms with Gasteiger partial charge in [0.05, 0.1) is 0 Å². The Morgan fingerprint density at radius 1 is 1.40 bits per heavy atom. The second-order valence-electron chi connectivity index (χ2n) is 4.29. The van der Waals surface area contributed by atoms with Crippen LogP contribution >= 0.6 is 0 Å². The Morgan fingerprint density at radius 2 is 2.13 bits per heavy atom. The zero-order valence-corrected chi connectivity index (χ0v) is 8.86. The second kappa shape index (κ2) is 4.29. The van der Waals surface area contributed by atoms with Crippen molar-refractivity contribution in [1.29, 1.82) is 0 Å². The van der Waals surface area contributed by atoms with Crippen molar-refractivity contribution in [1.82, 2.24) is 4.90 Å². The Balaban J connectivity index is 2.26. The fourth-order valence-corrected chi connectivity index (χ4v) is 2.40. The van der Waals surface area contributed by atoms with E-state index in [1.807, 2.05) is 19.2 Å². The summed E-state index contributed by atoms with van der Waals surface area (Å²) in [6, 6.07) is 6.86. The average Bonchev–Trinajstić information content (AvgIpc) is 2.60. The number of nitrogens with zero attached hydrogens (tertiary/aromatic N) is 1. The van der Waals surface area contributed by atoms with Crippen LogP contribution in [0.5, 0.6) is 0 Å². The third-order valence-corrected chi connectivity index (χ3v) is 3.16. The molecule has 1 heterocycles. The maximum Gasteiger partial charge on any atom is 0.126 e. The number of aliphatic hydroxyl groups is 1. The van der Waals surface area contributed by atoms with Gasteiger partial charge in [0.2, 0.25) is 0 Å². The van der Waals surface area contributed by atoms with Crippen LogP contribution in [0.1, 0.15) is 11.5 Å². The van der Waals surface area contributed by atoms with Gasteiger partial charge in [0.15, 0.2) is 0 Å². The zero-order chi connectivity index (χ0) is 10.8. The summed E-state index contributed by atoms with van der Waals surface area (Å²) in [4.78, 5) is 2.14. The van der Waals surface area contributed by atoms with Crippen molar-refractivity contribution in [3.8, 4) is 0 Å². The van der Waals surface area contributed by atoms with Gasteiger partial charge >= 0.3 is 0 Å². The van der Waals surface area contributed by atoms with Crippen molar-refractivity contribution in [2.45, 2.75) is 5.92 Å². The maximum absolute atomic E-state index is 13.6. The summed E-state index contributed by atoms with van der Waals surface area (Å²) >= 11 is 0. The van der Waals surface area contributed by atoms with Crippen molar-refractivity contribution in [3.63, 3.8) is 0 Å². The summed E-state index contributed by atoms with van der Waals surface area (Å²) in [5.74, 6) is 0.129. The van der Waals surface area contributed by atoms with E-state index in [1.165, 1.54) is 6.07 Å². The van der Waals surface area contributed by atoms with Crippen molar-refractivity contribution in [3.05, 3.63) is 35.6 Å². The first-order chi connectivity index (χ1) is 7.22. The Hall–Kier alpha value is -0.930. The second-order valence-corrected chi connectivity index (χ2v) is 4.29. The molecule has 0 radical (unpaired) electrons. The summed E-state index contributed by atoms with van der Waals surface area (Å²) in [7, 11) is 2.00. The predicted octanol–water partition coefficient (Wildman–Crippen LogP) is 1.46. The van der Waals surface area contributed by atoms with E-state index in [-0.39, 0.29) is 24.3 Å². The van der Waals surface area contributed by atoms with E-state index in [0.717, 1.165) is 18.7 Å². The minimum atomic E-state index is -0.156. The van der Waals surface area contributed by atoms with Gasteiger partial charge in [-0.15, -0.1) is 0 Å². The van der Waals surface area contributed by atoms with Crippen LogP contribution in [0.25, 0.3) is 0 Å². The molecule has 1 fully saturated rings. The molecule has 0 aromatic heterocycles. The molecule has 0 amide bonds. The lowest BCUT2D eigenvalue weighted by Gasteiger charge is -2.16. The minimum Gasteiger partial charge on any atom is -0.396 e. The van der Waals surface area contributed by atoms with Crippen molar-refractivity contribution < 1.29 is 9.50 Å². The lowest BCUT2D eigenvalue weighted by Crippen LogP contribution is -2.16. The van der Waals surface area contributed by atoms with Crippen LogP contribution in [0.15, 0.2) is 24.3 Å². The standard InChI is InChI=1S/C12H16FNO/c1-14-6-9(8-15)11(7-14)10-4-2-3-5-12(10)13/h2-5,9,11,15H,6-8H2,1H3/t9-,11-/m0/s1. The highest BCUT2D eigenvalue weighted by atomic mass is 19.1. The number of halogens is 1. The van der Waals surface area contributed by atoms with Gasteiger partial charge in [-0.2, -0.15) is 0 Å². The third-order valence-electron chi connectivity index (χ3n) is 3.16. The lowest BCUT2D eigenvalue weighted by atomic mass is 9.89. The van der Waals surface area contributed by atoms with Crippen LogP contribution in [0, 0.1) is 11.7 Å². The van der Waals surface area contributed by atoms with Gasteiger partial charge in [-0.05, 0) is 18.7 Å². The van der Waals surface area contributed by atoms with Gasteiger partial charge in [0.25, 0.3) is 0 Å². The molecule has 0 spiro atoms. The molecule has 2 rings (SSSR count). The SMILES string of the molecule is CN1C[C@@H](CO)[C@@H](c2ccccc2F)C1. The summed E-state index contributed by atoms with van der Waals surface area (Å²) < 4.78 is 13.6. The van der Waals surface area contributed by atoms with Gasteiger partial charge in [-0.25, -0.2) is 4.39 Å². The first-order valence-electron chi connectivity index (χ1n) is 5.26. The molecule has 1 aromatic carbocycles. The minimum absolute atomic E-state index is 0.126. The number of aliphatic hydroxyl groups excluding tert-OH is 1. The van der Waals surface area contributed by atoms with E-state index >= 15 is 0 Å². The van der Waals surface area contributed by atoms with Gasteiger partial charge < -0.3 is 10.0 Å². The highest BCUT2D eigenvalue weighted by Gasteiger charge is 2.32. The molecule has 1 saturated heterocycles. The van der Waals surface area contributed by atoms with E-state index in [9.17, 15) is 9.50 Å². The third kappa shape index (κ3) is 2.03. The number of benzene rings is 1. The van der Waals surface area contributed by atoms with Crippen molar-refractivity contribution in [2.24, 2.45) is 5.92 Å². The van der Waals surface area contributed by atoms with E-state index in [1.54, 1.807) is 6.07 Å². The van der Waals surface area contributed by atoms with Crippen LogP contribution in [0.2, 0.25) is 0 Å². The molecular formula is C12H16FNO. The van der Waals surface area contributed by atoms with E-state index in [0.29, 0.717) is 0 Å². The smallest absolute Gasteiger partial charge is 0.126 e. The monoisotopic (exact) mass is 209 g/mol. The van der Waals surface area contributed by atoms with Crippen LogP contribution < -0.4 is 0 Å². The van der Waals surface area contributed by atoms with Gasteiger partial charge in [0.1, 0.15) is 5.82 Å². The number of hydrogen-bond acceptors (Lipinski definition) is 2. The first-order valence-corrected chi connectivity index (χ1v) is 5.26. The van der Waals surface area contributed by atoms with Crippen LogP contribution in [-0.4, -0.2) is 36.8 Å². The van der Waals surface area contributed by atoms with Crippen molar-refractivity contribution >= 4 is 0 Å². The topological polar surface area (TPSA) is 23.5 Å². The molecule has 2 atom stereocenters. The van der Waals surface area contributed by atoms with Gasteiger partial charge in [-0.3, -0.25) is 0 Å². The van der Waals surface area contributed by atoms with E-state index in [2.05, 4.69) is 4.90 Å². The Morgan fingerprint density at radius 3 is 2.80 bits per heavy atom. The highest BCUT2D eigenvalue weighted by Crippen LogP contribution is 2.32. The zero-order valence-electron chi connectivity index (χ0n) is 8.86. The van der Waals surface area contributed by atoms with Crippen molar-refractivity contribution in [2.75, 3.05) is 26.7 Å². The molecule has 0 aliphatic carbocycles. The molecule has 1 N–H and O–H groups in total. The quantitative estimate of drug-likeness (QED) is 0.797. The van der Waals surface area contributed by atoms with Gasteiger partial charge in [-0.1, -0.05) is 18.2 Å². The number of hydrogen-bond donors (Lipinski definition) is 1.